The first-order valence-electron chi connectivity index (χ1n) is 13.4. The number of anilines is 2. The van der Waals surface area contributed by atoms with E-state index in [2.05, 4.69) is 54.2 Å². The van der Waals surface area contributed by atoms with E-state index in [1.54, 1.807) is 28.9 Å². The molecular formula is C31H31FN6O2. The molecule has 6 rings (SSSR count). The molecule has 0 unspecified atom stereocenters. The van der Waals surface area contributed by atoms with Crippen molar-refractivity contribution in [1.29, 1.82) is 0 Å². The zero-order chi connectivity index (χ0) is 28.0. The van der Waals surface area contributed by atoms with Gasteiger partial charge in [0.05, 0.1) is 17.1 Å². The van der Waals surface area contributed by atoms with Crippen LogP contribution in [0.3, 0.4) is 0 Å². The van der Waals surface area contributed by atoms with Crippen molar-refractivity contribution in [3.05, 3.63) is 94.4 Å². The van der Waals surface area contributed by atoms with Gasteiger partial charge >= 0.3 is 6.03 Å². The van der Waals surface area contributed by atoms with Gasteiger partial charge in [0.15, 0.2) is 0 Å². The second kappa shape index (κ2) is 9.91. The van der Waals surface area contributed by atoms with Gasteiger partial charge in [-0.1, -0.05) is 45.0 Å². The van der Waals surface area contributed by atoms with Gasteiger partial charge in [-0.15, -0.1) is 0 Å². The molecule has 0 saturated carbocycles. The zero-order valence-corrected chi connectivity index (χ0v) is 22.7. The molecular weight excluding hydrogens is 507 g/mol. The zero-order valence-electron chi connectivity index (χ0n) is 22.7. The second-order valence-corrected chi connectivity index (χ2v) is 11.2. The average Bonchev–Trinajstić information content (AvgIpc) is 3.53. The maximum atomic E-state index is 14.9. The number of nitrogens with one attached hydrogen (secondary N) is 4. The Morgan fingerprint density at radius 2 is 1.80 bits per heavy atom. The Morgan fingerprint density at radius 3 is 2.62 bits per heavy atom. The van der Waals surface area contributed by atoms with E-state index in [9.17, 15) is 14.0 Å². The molecule has 0 atom stereocenters. The summed E-state index contributed by atoms with van der Waals surface area (Å²) in [6.07, 6.45) is 0.921. The van der Waals surface area contributed by atoms with E-state index >= 15 is 0 Å². The molecule has 1 aromatic heterocycles. The number of carbonyl (C=O) groups is 2. The minimum Gasteiger partial charge on any atom is -0.348 e. The van der Waals surface area contributed by atoms with Gasteiger partial charge in [-0.2, -0.15) is 5.10 Å². The number of rotatable bonds is 4. The second-order valence-electron chi connectivity index (χ2n) is 11.2. The highest BCUT2D eigenvalue weighted by Gasteiger charge is 2.24. The molecule has 9 heteroatoms. The predicted octanol–water partition coefficient (Wildman–Crippen LogP) is 5.51. The predicted molar refractivity (Wildman–Crippen MR) is 153 cm³/mol. The number of halogens is 1. The average molecular weight is 539 g/mol. The molecule has 0 spiro atoms. The van der Waals surface area contributed by atoms with Crippen molar-refractivity contribution in [1.82, 2.24) is 20.4 Å². The first-order chi connectivity index (χ1) is 19.2. The molecule has 3 aromatic carbocycles. The molecule has 4 N–H and O–H groups in total. The highest BCUT2D eigenvalue weighted by Crippen LogP contribution is 2.32. The van der Waals surface area contributed by atoms with Gasteiger partial charge in [-0.25, -0.2) is 13.9 Å². The van der Waals surface area contributed by atoms with Crippen LogP contribution in [-0.4, -0.2) is 28.3 Å². The van der Waals surface area contributed by atoms with Crippen molar-refractivity contribution >= 4 is 23.4 Å². The molecule has 2 aliphatic heterocycles. The van der Waals surface area contributed by atoms with Gasteiger partial charge in [0.2, 0.25) is 0 Å². The molecule has 0 bridgehead atoms. The lowest BCUT2D eigenvalue weighted by Gasteiger charge is -2.19. The van der Waals surface area contributed by atoms with Crippen molar-refractivity contribution in [3.63, 3.8) is 0 Å². The summed E-state index contributed by atoms with van der Waals surface area (Å²) in [6, 6.07) is 17.5. The Labute approximate surface area is 232 Å². The van der Waals surface area contributed by atoms with Gasteiger partial charge in [-0.05, 0) is 71.1 Å². The smallest absolute Gasteiger partial charge is 0.324 e. The highest BCUT2D eigenvalue weighted by atomic mass is 19.1. The molecule has 0 aliphatic carbocycles. The fourth-order valence-electron chi connectivity index (χ4n) is 5.21. The third kappa shape index (κ3) is 4.84. The lowest BCUT2D eigenvalue weighted by atomic mass is 9.92. The fourth-order valence-corrected chi connectivity index (χ4v) is 5.21. The molecule has 4 aromatic rings. The van der Waals surface area contributed by atoms with Crippen molar-refractivity contribution in [3.8, 4) is 16.8 Å². The summed E-state index contributed by atoms with van der Waals surface area (Å²) in [5.41, 5.74) is 6.94. The summed E-state index contributed by atoms with van der Waals surface area (Å²) in [4.78, 5) is 25.3. The monoisotopic (exact) mass is 538 g/mol. The summed E-state index contributed by atoms with van der Waals surface area (Å²) in [6.45, 7) is 8.34. The lowest BCUT2D eigenvalue weighted by molar-refractivity contribution is 0.0965. The summed E-state index contributed by atoms with van der Waals surface area (Å²) in [7, 11) is 0. The Kier molecular flexibility index (Phi) is 6.38. The van der Waals surface area contributed by atoms with Gasteiger partial charge in [-0.3, -0.25) is 10.1 Å². The molecule has 40 heavy (non-hydrogen) atoms. The van der Waals surface area contributed by atoms with E-state index in [0.717, 1.165) is 42.0 Å². The Hall–Kier alpha value is -4.50. The number of aromatic nitrogens is 2. The van der Waals surface area contributed by atoms with Crippen LogP contribution in [0.5, 0.6) is 0 Å². The van der Waals surface area contributed by atoms with E-state index in [1.807, 2.05) is 18.2 Å². The van der Waals surface area contributed by atoms with Crippen LogP contribution < -0.4 is 21.3 Å². The van der Waals surface area contributed by atoms with Crippen molar-refractivity contribution < 1.29 is 14.0 Å². The first kappa shape index (κ1) is 25.8. The van der Waals surface area contributed by atoms with Crippen molar-refractivity contribution in [2.75, 3.05) is 17.2 Å². The Bertz CT molecular complexity index is 1650. The van der Waals surface area contributed by atoms with Crippen LogP contribution in [-0.2, 0) is 24.9 Å². The van der Waals surface area contributed by atoms with Gasteiger partial charge in [0.25, 0.3) is 5.91 Å². The SMILES string of the molecule is CC(C)(C)c1cc(NC(=O)Nc2cc(-c3cccc4c3CNC4=O)ccc2F)n(-c2ccc3c(c2)CCNC3)n1. The van der Waals surface area contributed by atoms with E-state index in [4.69, 9.17) is 5.10 Å². The molecule has 0 radical (unpaired) electrons. The molecule has 8 nitrogen and oxygen atoms in total. The topological polar surface area (TPSA) is 100 Å². The summed E-state index contributed by atoms with van der Waals surface area (Å²) in [5, 5.41) is 16.6. The third-order valence-electron chi connectivity index (χ3n) is 7.41. The highest BCUT2D eigenvalue weighted by molar-refractivity contribution is 6.01. The van der Waals surface area contributed by atoms with Gasteiger partial charge in [0, 0.05) is 30.1 Å². The van der Waals surface area contributed by atoms with Crippen LogP contribution in [0.25, 0.3) is 16.8 Å². The molecule has 3 amide bonds. The van der Waals surface area contributed by atoms with Crippen LogP contribution in [0, 0.1) is 5.82 Å². The van der Waals surface area contributed by atoms with E-state index in [1.165, 1.54) is 17.2 Å². The Morgan fingerprint density at radius 1 is 0.975 bits per heavy atom. The molecule has 0 saturated heterocycles. The fraction of sp³-hybridized carbons (Fsp3) is 0.258. The number of carbonyl (C=O) groups excluding carboxylic acids is 2. The lowest BCUT2D eigenvalue weighted by Crippen LogP contribution is -2.24. The van der Waals surface area contributed by atoms with E-state index in [0.29, 0.717) is 23.5 Å². The number of fused-ring (bicyclic) bond motifs is 2. The number of nitrogens with zero attached hydrogens (tertiary/aromatic N) is 2. The standard InChI is InChI=1S/C31H31FN6O2/c1-31(2,3)27-15-28(38(37-27)21-9-7-20-16-33-12-11-18(20)13-21)36-30(40)35-26-14-19(8-10-25(26)32)22-5-4-6-23-24(22)17-34-29(23)39/h4-10,13-15,33H,11-12,16-17H2,1-3H3,(H,34,39)(H2,35,36,40). The number of urea groups is 1. The molecule has 2 aliphatic rings. The van der Waals surface area contributed by atoms with E-state index in [-0.39, 0.29) is 17.0 Å². The third-order valence-corrected chi connectivity index (χ3v) is 7.41. The Balaban J connectivity index is 1.29. The summed E-state index contributed by atoms with van der Waals surface area (Å²) < 4.78 is 16.6. The van der Waals surface area contributed by atoms with Crippen LogP contribution in [0.2, 0.25) is 0 Å². The summed E-state index contributed by atoms with van der Waals surface area (Å²) in [5.74, 6) is -0.204. The number of amides is 3. The number of benzene rings is 3. The quantitative estimate of drug-likeness (QED) is 0.275. The normalized spacial score (nSPS) is 14.3. The number of hydrogen-bond donors (Lipinski definition) is 4. The minimum absolute atomic E-state index is 0.0354. The summed E-state index contributed by atoms with van der Waals surface area (Å²) >= 11 is 0. The van der Waals surface area contributed by atoms with Crippen LogP contribution in [0.1, 0.15) is 53.5 Å². The molecule has 0 fully saturated rings. The molecule has 3 heterocycles. The van der Waals surface area contributed by atoms with Crippen LogP contribution in [0.4, 0.5) is 20.7 Å². The first-order valence-corrected chi connectivity index (χ1v) is 13.4. The van der Waals surface area contributed by atoms with E-state index < -0.39 is 11.8 Å². The minimum atomic E-state index is -0.588. The maximum absolute atomic E-state index is 14.9. The van der Waals surface area contributed by atoms with Crippen molar-refractivity contribution in [2.45, 2.75) is 45.7 Å². The largest absolute Gasteiger partial charge is 0.348 e. The van der Waals surface area contributed by atoms with Crippen LogP contribution >= 0.6 is 0 Å². The van der Waals surface area contributed by atoms with Gasteiger partial charge < -0.3 is 16.0 Å². The maximum Gasteiger partial charge on any atom is 0.324 e. The van der Waals surface area contributed by atoms with Crippen LogP contribution in [0.15, 0.2) is 60.7 Å². The van der Waals surface area contributed by atoms with Gasteiger partial charge in [0.1, 0.15) is 11.6 Å². The van der Waals surface area contributed by atoms with Crippen molar-refractivity contribution in [2.24, 2.45) is 0 Å². The molecule has 204 valence electrons. The number of hydrogen-bond acceptors (Lipinski definition) is 4.